The summed E-state index contributed by atoms with van der Waals surface area (Å²) < 4.78 is 44.8. The third-order valence-electron chi connectivity index (χ3n) is 4.84. The summed E-state index contributed by atoms with van der Waals surface area (Å²) in [6.45, 7) is 3.41. The molecule has 29 heavy (non-hydrogen) atoms. The van der Waals surface area contributed by atoms with E-state index < -0.39 is 35.4 Å². The van der Waals surface area contributed by atoms with Crippen LogP contribution in [0.5, 0.6) is 0 Å². The number of hydrogen-bond acceptors (Lipinski definition) is 3. The number of hydrogen-bond donors (Lipinski definition) is 0. The van der Waals surface area contributed by atoms with Crippen molar-refractivity contribution in [2.45, 2.75) is 38.1 Å². The van der Waals surface area contributed by atoms with E-state index >= 15 is 0 Å². The molecule has 0 bridgehead atoms. The predicted molar refractivity (Wildman–Crippen MR) is 102 cm³/mol. The molecule has 0 saturated carbocycles. The lowest BCUT2D eigenvalue weighted by molar-refractivity contribution is -0.137. The predicted octanol–water partition coefficient (Wildman–Crippen LogP) is 5.09. The summed E-state index contributed by atoms with van der Waals surface area (Å²) in [5.41, 5.74) is -1.03. The molecule has 2 amide bonds. The number of carbonyl (C=O) groups is 2. The van der Waals surface area contributed by atoms with Gasteiger partial charge in [-0.25, -0.2) is 9.69 Å². The van der Waals surface area contributed by atoms with E-state index in [-0.39, 0.29) is 5.56 Å². The molecule has 0 spiro atoms. The molecule has 0 aromatic heterocycles. The van der Waals surface area contributed by atoms with Gasteiger partial charge < -0.3 is 4.74 Å². The van der Waals surface area contributed by atoms with Crippen LogP contribution in [0.15, 0.2) is 60.7 Å². The van der Waals surface area contributed by atoms with Crippen molar-refractivity contribution in [2.75, 3.05) is 0 Å². The Kier molecular flexibility index (Phi) is 5.50. The van der Waals surface area contributed by atoms with Crippen molar-refractivity contribution in [3.63, 3.8) is 0 Å². The van der Waals surface area contributed by atoms with Crippen LogP contribution in [0.2, 0.25) is 0 Å². The Morgan fingerprint density at radius 1 is 1.10 bits per heavy atom. The maximum absolute atomic E-state index is 13.1. The molecule has 152 valence electrons. The maximum atomic E-state index is 13.1. The van der Waals surface area contributed by atoms with Crippen molar-refractivity contribution in [1.29, 1.82) is 0 Å². The van der Waals surface area contributed by atoms with Crippen LogP contribution in [0.4, 0.5) is 18.0 Å². The molecule has 2 aromatic carbocycles. The van der Waals surface area contributed by atoms with Crippen molar-refractivity contribution in [3.8, 4) is 0 Å². The molecule has 1 aliphatic rings. The Morgan fingerprint density at radius 3 is 2.38 bits per heavy atom. The highest BCUT2D eigenvalue weighted by molar-refractivity contribution is 6.02. The van der Waals surface area contributed by atoms with Crippen LogP contribution in [-0.2, 0) is 22.1 Å². The first-order valence-electron chi connectivity index (χ1n) is 9.04. The summed E-state index contributed by atoms with van der Waals surface area (Å²) in [6.07, 6.45) is -2.93. The number of rotatable bonds is 4. The van der Waals surface area contributed by atoms with E-state index in [0.29, 0.717) is 6.42 Å². The molecule has 1 atom stereocenters. The minimum Gasteiger partial charge on any atom is -0.441 e. The van der Waals surface area contributed by atoms with Gasteiger partial charge in [-0.05, 0) is 43.5 Å². The van der Waals surface area contributed by atoms with Gasteiger partial charge in [0.05, 0.1) is 11.6 Å². The van der Waals surface area contributed by atoms with Crippen molar-refractivity contribution < 1.29 is 27.5 Å². The molecule has 0 N–H and O–H groups in total. The fourth-order valence-electron chi connectivity index (χ4n) is 3.34. The number of cyclic esters (lactones) is 1. The molecule has 1 heterocycles. The molecule has 3 rings (SSSR count). The number of benzene rings is 2. The van der Waals surface area contributed by atoms with E-state index in [2.05, 4.69) is 0 Å². The summed E-state index contributed by atoms with van der Waals surface area (Å²) >= 11 is 0. The van der Waals surface area contributed by atoms with E-state index in [0.717, 1.165) is 28.7 Å². The highest BCUT2D eigenvalue weighted by Crippen LogP contribution is 2.34. The van der Waals surface area contributed by atoms with Gasteiger partial charge in [0.1, 0.15) is 5.60 Å². The lowest BCUT2D eigenvalue weighted by Gasteiger charge is -2.27. The first-order valence-corrected chi connectivity index (χ1v) is 9.04. The number of ether oxygens (including phenoxy) is 1. The summed E-state index contributed by atoms with van der Waals surface area (Å²) in [4.78, 5) is 26.0. The second-order valence-corrected chi connectivity index (χ2v) is 7.30. The highest BCUT2D eigenvalue weighted by Gasteiger charge is 2.49. The summed E-state index contributed by atoms with van der Waals surface area (Å²) in [5, 5.41) is 0. The second kappa shape index (κ2) is 7.73. The van der Waals surface area contributed by atoms with Crippen LogP contribution in [-0.4, -0.2) is 28.5 Å². The van der Waals surface area contributed by atoms with Gasteiger partial charge in [-0.3, -0.25) is 4.79 Å². The monoisotopic (exact) mass is 403 g/mol. The van der Waals surface area contributed by atoms with E-state index in [9.17, 15) is 22.8 Å². The number of carbonyl (C=O) groups excluding carboxylic acids is 2. The Bertz CT molecular complexity index is 936. The molecule has 1 unspecified atom stereocenters. The van der Waals surface area contributed by atoms with E-state index in [4.69, 9.17) is 4.74 Å². The fraction of sp³-hybridized carbons (Fsp3) is 0.273. The molecular formula is C22H20F3NO3. The average Bonchev–Trinajstić information content (AvgIpc) is 2.88. The Balaban J connectivity index is 1.87. The lowest BCUT2D eigenvalue weighted by Crippen LogP contribution is -2.45. The number of amides is 2. The highest BCUT2D eigenvalue weighted by atomic mass is 19.4. The van der Waals surface area contributed by atoms with Crippen molar-refractivity contribution in [3.05, 3.63) is 77.4 Å². The van der Waals surface area contributed by atoms with Crippen molar-refractivity contribution >= 4 is 18.1 Å². The first kappa shape index (κ1) is 20.6. The van der Waals surface area contributed by atoms with E-state index in [1.54, 1.807) is 13.8 Å². The standard InChI is InChI=1S/C22H20F3NO3/c1-21(2)18(14-15-8-4-3-5-9-15)26(20(28)29-21)19(27)13-12-16-10-6-7-11-17(16)22(23,24)25/h3-13,18H,14H2,1-2H3/b13-12+. The molecule has 1 saturated heterocycles. The largest absolute Gasteiger partial charge is 0.441 e. The summed E-state index contributed by atoms with van der Waals surface area (Å²) in [6, 6.07) is 13.6. The molecule has 1 aliphatic heterocycles. The molecule has 2 aromatic rings. The van der Waals surface area contributed by atoms with Gasteiger partial charge in [0.2, 0.25) is 0 Å². The third kappa shape index (κ3) is 4.50. The van der Waals surface area contributed by atoms with Gasteiger partial charge in [0.25, 0.3) is 5.91 Å². The van der Waals surface area contributed by atoms with Crippen molar-refractivity contribution in [2.24, 2.45) is 0 Å². The smallest absolute Gasteiger partial charge is 0.417 e. The topological polar surface area (TPSA) is 46.6 Å². The van der Waals surface area contributed by atoms with Crippen LogP contribution in [0.1, 0.15) is 30.5 Å². The quantitative estimate of drug-likeness (QED) is 0.669. The Hall–Kier alpha value is -3.09. The van der Waals surface area contributed by atoms with Gasteiger partial charge in [-0.15, -0.1) is 0 Å². The second-order valence-electron chi connectivity index (χ2n) is 7.30. The fourth-order valence-corrected chi connectivity index (χ4v) is 3.34. The normalized spacial score (nSPS) is 18.9. The third-order valence-corrected chi connectivity index (χ3v) is 4.84. The molecular weight excluding hydrogens is 383 g/mol. The first-order chi connectivity index (χ1) is 13.6. The molecule has 1 fully saturated rings. The maximum Gasteiger partial charge on any atom is 0.417 e. The minimum absolute atomic E-state index is 0.153. The average molecular weight is 403 g/mol. The number of imide groups is 1. The van der Waals surface area contributed by atoms with Crippen LogP contribution in [0, 0.1) is 0 Å². The molecule has 0 aliphatic carbocycles. The van der Waals surface area contributed by atoms with Crippen LogP contribution in [0.3, 0.4) is 0 Å². The Labute approximate surface area is 166 Å². The van der Waals surface area contributed by atoms with Gasteiger partial charge in [-0.1, -0.05) is 48.5 Å². The van der Waals surface area contributed by atoms with Crippen LogP contribution >= 0.6 is 0 Å². The SMILES string of the molecule is CC1(C)OC(=O)N(C(=O)/C=C/c2ccccc2C(F)(F)F)C1Cc1ccccc1. The van der Waals surface area contributed by atoms with Gasteiger partial charge >= 0.3 is 12.3 Å². The van der Waals surface area contributed by atoms with Crippen LogP contribution in [0.25, 0.3) is 6.08 Å². The molecule has 7 heteroatoms. The number of alkyl halides is 3. The zero-order valence-electron chi connectivity index (χ0n) is 15.9. The Morgan fingerprint density at radius 2 is 1.72 bits per heavy atom. The van der Waals surface area contributed by atoms with Gasteiger partial charge in [0, 0.05) is 6.08 Å². The zero-order chi connectivity index (χ0) is 21.2. The summed E-state index contributed by atoms with van der Waals surface area (Å²) in [5.74, 6) is -0.724. The van der Waals surface area contributed by atoms with E-state index in [1.165, 1.54) is 18.2 Å². The molecule has 4 nitrogen and oxygen atoms in total. The number of halogens is 3. The van der Waals surface area contributed by atoms with Crippen molar-refractivity contribution in [1.82, 2.24) is 4.90 Å². The van der Waals surface area contributed by atoms with Gasteiger partial charge in [-0.2, -0.15) is 13.2 Å². The number of nitrogens with zero attached hydrogens (tertiary/aromatic N) is 1. The molecule has 0 radical (unpaired) electrons. The van der Waals surface area contributed by atoms with Gasteiger partial charge in [0.15, 0.2) is 0 Å². The summed E-state index contributed by atoms with van der Waals surface area (Å²) in [7, 11) is 0. The minimum atomic E-state index is -4.55. The van der Waals surface area contributed by atoms with Crippen LogP contribution < -0.4 is 0 Å². The van der Waals surface area contributed by atoms with E-state index in [1.807, 2.05) is 30.3 Å². The zero-order valence-corrected chi connectivity index (χ0v) is 15.9. The lowest BCUT2D eigenvalue weighted by atomic mass is 9.92.